The summed E-state index contributed by atoms with van der Waals surface area (Å²) in [6, 6.07) is -0.386. The molecule has 0 spiro atoms. The number of aliphatic hydroxyl groups is 1. The summed E-state index contributed by atoms with van der Waals surface area (Å²) in [5.41, 5.74) is 0. The molecule has 0 rings (SSSR count). The summed E-state index contributed by atoms with van der Waals surface area (Å²) < 4.78 is 0. The number of allylic oxidation sites excluding steroid dienone is 2. The fraction of sp³-hybridized carbons (Fsp3) is 0.727. The maximum atomic E-state index is 10.5. The molecule has 0 radical (unpaired) electrons. The van der Waals surface area contributed by atoms with Crippen molar-refractivity contribution in [3.05, 3.63) is 12.2 Å². The molecule has 0 aliphatic heterocycles. The summed E-state index contributed by atoms with van der Waals surface area (Å²) in [7, 11) is 1.67. The number of carbonyl (C=O) groups is 1. The van der Waals surface area contributed by atoms with E-state index in [2.05, 4.69) is 5.32 Å². The van der Waals surface area contributed by atoms with Crippen LogP contribution >= 0.6 is 0 Å². The third kappa shape index (κ3) is 5.54. The monoisotopic (exact) mass is 215 g/mol. The zero-order chi connectivity index (χ0) is 11.8. The summed E-state index contributed by atoms with van der Waals surface area (Å²) in [6.45, 7) is 3.84. The Kier molecular flexibility index (Phi) is 6.99. The van der Waals surface area contributed by atoms with Gasteiger partial charge in [-0.05, 0) is 26.3 Å². The van der Waals surface area contributed by atoms with Crippen LogP contribution in [-0.2, 0) is 4.79 Å². The van der Waals surface area contributed by atoms with E-state index >= 15 is 0 Å². The first kappa shape index (κ1) is 14.1. The molecule has 3 atom stereocenters. The predicted molar refractivity (Wildman–Crippen MR) is 59.7 cm³/mol. The first-order chi connectivity index (χ1) is 7.02. The second kappa shape index (κ2) is 7.43. The number of likely N-dealkylation sites (N-methyl/N-ethyl adjacent to an activating group) is 1. The standard InChI is InChI=1S/C11H21NO3/c1-4-5-6-8(2)11(15)9(12-3)7-10(13)14/h4-5,8-9,11-12,15H,6-7H2,1-3H3,(H,13,14)/b5-4+. The summed E-state index contributed by atoms with van der Waals surface area (Å²) >= 11 is 0. The van der Waals surface area contributed by atoms with Gasteiger partial charge in [0.25, 0.3) is 0 Å². The maximum absolute atomic E-state index is 10.5. The first-order valence-electron chi connectivity index (χ1n) is 5.21. The summed E-state index contributed by atoms with van der Waals surface area (Å²) in [5, 5.41) is 21.4. The lowest BCUT2D eigenvalue weighted by Crippen LogP contribution is -2.42. The quantitative estimate of drug-likeness (QED) is 0.554. The van der Waals surface area contributed by atoms with Crippen molar-refractivity contribution in [2.24, 2.45) is 5.92 Å². The lowest BCUT2D eigenvalue weighted by molar-refractivity contribution is -0.138. The number of hydrogen-bond acceptors (Lipinski definition) is 3. The second-order valence-electron chi connectivity index (χ2n) is 3.77. The molecule has 0 aliphatic carbocycles. The first-order valence-corrected chi connectivity index (χ1v) is 5.21. The van der Waals surface area contributed by atoms with Crippen LogP contribution in [0.15, 0.2) is 12.2 Å². The fourth-order valence-electron chi connectivity index (χ4n) is 1.47. The highest BCUT2D eigenvalue weighted by atomic mass is 16.4. The molecule has 0 aromatic carbocycles. The van der Waals surface area contributed by atoms with E-state index in [9.17, 15) is 9.90 Å². The van der Waals surface area contributed by atoms with E-state index in [1.165, 1.54) is 0 Å². The normalized spacial score (nSPS) is 17.6. The van der Waals surface area contributed by atoms with Crippen molar-refractivity contribution < 1.29 is 15.0 Å². The van der Waals surface area contributed by atoms with Gasteiger partial charge in [-0.2, -0.15) is 0 Å². The largest absolute Gasteiger partial charge is 0.481 e. The molecule has 3 N–H and O–H groups in total. The van der Waals surface area contributed by atoms with Crippen molar-refractivity contribution in [1.82, 2.24) is 5.32 Å². The average molecular weight is 215 g/mol. The highest BCUT2D eigenvalue weighted by molar-refractivity contribution is 5.67. The summed E-state index contributed by atoms with van der Waals surface area (Å²) in [5.74, 6) is -0.843. The minimum absolute atomic E-state index is 0.0537. The molecule has 0 heterocycles. The van der Waals surface area contributed by atoms with Crippen LogP contribution in [-0.4, -0.2) is 35.4 Å². The Bertz CT molecular complexity index is 216. The summed E-state index contributed by atoms with van der Waals surface area (Å²) in [4.78, 5) is 10.5. The Labute approximate surface area is 91.0 Å². The molecule has 0 amide bonds. The van der Waals surface area contributed by atoms with Gasteiger partial charge in [0.1, 0.15) is 0 Å². The van der Waals surface area contributed by atoms with Crippen LogP contribution in [0.5, 0.6) is 0 Å². The molecule has 0 saturated heterocycles. The van der Waals surface area contributed by atoms with Crippen LogP contribution in [0.3, 0.4) is 0 Å². The van der Waals surface area contributed by atoms with Gasteiger partial charge in [-0.1, -0.05) is 19.1 Å². The molecule has 0 aromatic rings. The van der Waals surface area contributed by atoms with Crippen LogP contribution in [0.4, 0.5) is 0 Å². The summed E-state index contributed by atoms with van der Waals surface area (Å²) in [6.07, 6.45) is 3.96. The zero-order valence-corrected chi connectivity index (χ0v) is 9.60. The van der Waals surface area contributed by atoms with Gasteiger partial charge in [-0.25, -0.2) is 0 Å². The van der Waals surface area contributed by atoms with Gasteiger partial charge in [-0.3, -0.25) is 4.79 Å². The highest BCUT2D eigenvalue weighted by Gasteiger charge is 2.24. The van der Waals surface area contributed by atoms with Crippen molar-refractivity contribution in [3.63, 3.8) is 0 Å². The van der Waals surface area contributed by atoms with Crippen molar-refractivity contribution in [3.8, 4) is 0 Å². The fourth-order valence-corrected chi connectivity index (χ4v) is 1.47. The maximum Gasteiger partial charge on any atom is 0.305 e. The van der Waals surface area contributed by atoms with Crippen LogP contribution < -0.4 is 5.32 Å². The van der Waals surface area contributed by atoms with Gasteiger partial charge in [0.2, 0.25) is 0 Å². The van der Waals surface area contributed by atoms with E-state index in [0.717, 1.165) is 6.42 Å². The smallest absolute Gasteiger partial charge is 0.305 e. The average Bonchev–Trinajstić information content (AvgIpc) is 2.21. The van der Waals surface area contributed by atoms with E-state index in [4.69, 9.17) is 5.11 Å². The van der Waals surface area contributed by atoms with E-state index < -0.39 is 12.1 Å². The van der Waals surface area contributed by atoms with Gasteiger partial charge < -0.3 is 15.5 Å². The minimum atomic E-state index is -0.897. The topological polar surface area (TPSA) is 69.6 Å². The molecule has 0 aliphatic rings. The third-order valence-electron chi connectivity index (χ3n) is 2.50. The highest BCUT2D eigenvalue weighted by Crippen LogP contribution is 2.14. The van der Waals surface area contributed by atoms with Gasteiger partial charge in [0.15, 0.2) is 0 Å². The van der Waals surface area contributed by atoms with Gasteiger partial charge in [-0.15, -0.1) is 0 Å². The zero-order valence-electron chi connectivity index (χ0n) is 9.60. The van der Waals surface area contributed by atoms with Crippen molar-refractivity contribution in [2.75, 3.05) is 7.05 Å². The Morgan fingerprint density at radius 2 is 2.13 bits per heavy atom. The molecule has 0 aromatic heterocycles. The Balaban J connectivity index is 4.22. The van der Waals surface area contributed by atoms with Gasteiger partial charge in [0, 0.05) is 6.04 Å². The Hall–Kier alpha value is -0.870. The molecular weight excluding hydrogens is 194 g/mol. The molecule has 15 heavy (non-hydrogen) atoms. The molecule has 0 fully saturated rings. The lowest BCUT2D eigenvalue weighted by atomic mass is 9.93. The molecular formula is C11H21NO3. The van der Waals surface area contributed by atoms with Crippen LogP contribution in [0.2, 0.25) is 0 Å². The number of rotatable bonds is 7. The van der Waals surface area contributed by atoms with Crippen molar-refractivity contribution >= 4 is 5.97 Å². The second-order valence-corrected chi connectivity index (χ2v) is 3.77. The SMILES string of the molecule is C/C=C/CC(C)C(O)C(CC(=O)O)NC. The van der Waals surface area contributed by atoms with Crippen LogP contribution in [0.1, 0.15) is 26.7 Å². The van der Waals surface area contributed by atoms with E-state index in [1.54, 1.807) is 7.05 Å². The molecule has 88 valence electrons. The van der Waals surface area contributed by atoms with E-state index in [0.29, 0.717) is 0 Å². The minimum Gasteiger partial charge on any atom is -0.481 e. The van der Waals surface area contributed by atoms with Gasteiger partial charge >= 0.3 is 5.97 Å². The number of hydrogen-bond donors (Lipinski definition) is 3. The number of aliphatic hydroxyl groups excluding tert-OH is 1. The molecule has 0 saturated carbocycles. The Morgan fingerprint density at radius 1 is 1.53 bits per heavy atom. The van der Waals surface area contributed by atoms with E-state index in [1.807, 2.05) is 26.0 Å². The predicted octanol–water partition coefficient (Wildman–Crippen LogP) is 1.01. The number of carboxylic acids is 1. The third-order valence-corrected chi connectivity index (χ3v) is 2.50. The van der Waals surface area contributed by atoms with Crippen LogP contribution in [0, 0.1) is 5.92 Å². The van der Waals surface area contributed by atoms with Crippen LogP contribution in [0.25, 0.3) is 0 Å². The van der Waals surface area contributed by atoms with E-state index in [-0.39, 0.29) is 18.4 Å². The lowest BCUT2D eigenvalue weighted by Gasteiger charge is -2.25. The van der Waals surface area contributed by atoms with Crippen molar-refractivity contribution in [2.45, 2.75) is 38.8 Å². The number of nitrogens with one attached hydrogen (secondary N) is 1. The molecule has 0 bridgehead atoms. The molecule has 4 nitrogen and oxygen atoms in total. The molecule has 3 unspecified atom stereocenters. The number of carboxylic acid groups (broad SMARTS) is 1. The number of aliphatic carboxylic acids is 1. The Morgan fingerprint density at radius 3 is 2.53 bits per heavy atom. The van der Waals surface area contributed by atoms with Gasteiger partial charge in [0.05, 0.1) is 12.5 Å². The van der Waals surface area contributed by atoms with Crippen molar-refractivity contribution in [1.29, 1.82) is 0 Å². The molecule has 4 heteroatoms.